The first kappa shape index (κ1) is 28.0. The minimum absolute atomic E-state index is 0. The third-order valence-corrected chi connectivity index (χ3v) is 0. The van der Waals surface area contributed by atoms with Gasteiger partial charge >= 0.3 is 0 Å². The summed E-state index contributed by atoms with van der Waals surface area (Å²) in [6, 6.07) is 0. The zero-order valence-corrected chi connectivity index (χ0v) is 6.60. The molecule has 0 aliphatic carbocycles. The number of rotatable bonds is 0. The van der Waals surface area contributed by atoms with Crippen molar-refractivity contribution in [3.8, 4) is 0 Å². The van der Waals surface area contributed by atoms with Crippen LogP contribution in [0.25, 0.3) is 0 Å². The van der Waals surface area contributed by atoms with Gasteiger partial charge < -0.3 is 0 Å². The fourth-order valence-electron chi connectivity index (χ4n) is 0. The van der Waals surface area contributed by atoms with Crippen LogP contribution in [0.4, 0.5) is 0 Å². The second-order valence-electron chi connectivity index (χ2n) is 0. The predicted octanol–water partition coefficient (Wildman–Crippen LogP) is -2.64. The Morgan fingerprint density at radius 3 is 1.00 bits per heavy atom. The molecule has 0 aromatic rings. The molecule has 0 amide bonds. The maximum absolute atomic E-state index is 0. The first-order valence-corrected chi connectivity index (χ1v) is 0. The number of hydrogen-bond acceptors (Lipinski definition) is 0. The van der Waals surface area contributed by atoms with Crippen molar-refractivity contribution in [3.05, 3.63) is 0 Å². The number of hydrogen-bond donors (Lipinski definition) is 0. The van der Waals surface area contributed by atoms with E-state index in [9.17, 15) is 0 Å². The van der Waals surface area contributed by atoms with Crippen molar-refractivity contribution in [2.24, 2.45) is 0 Å². The van der Waals surface area contributed by atoms with E-state index in [0.717, 1.165) is 0 Å². The van der Waals surface area contributed by atoms with Gasteiger partial charge in [-0.15, -0.1) is 0 Å². The van der Waals surface area contributed by atoms with Crippen molar-refractivity contribution in [1.29, 1.82) is 0 Å². The Kier molecular flexibility index (Phi) is 116. The van der Waals surface area contributed by atoms with Gasteiger partial charge in [0.2, 0.25) is 0 Å². The molecule has 0 saturated carbocycles. The van der Waals surface area contributed by atoms with E-state index in [4.69, 9.17) is 0 Å². The van der Waals surface area contributed by atoms with Crippen LogP contribution in [0, 0.1) is 41.7 Å². The first-order chi connectivity index (χ1) is 0. The van der Waals surface area contributed by atoms with Crippen LogP contribution in [-0.4, -0.2) is 28.3 Å². The van der Waals surface area contributed by atoms with Crippen molar-refractivity contribution in [1.82, 2.24) is 0 Å². The van der Waals surface area contributed by atoms with Gasteiger partial charge in [0.05, 0.1) is 0 Å². The summed E-state index contributed by atoms with van der Waals surface area (Å²) in [5, 5.41) is 0. The quantitative estimate of drug-likeness (QED) is 0.429. The second kappa shape index (κ2) is 16.7. The van der Waals surface area contributed by atoms with Gasteiger partial charge in [-0.2, -0.15) is 0 Å². The fraction of sp³-hybridized carbons (Fsp3) is 0. The van der Waals surface area contributed by atoms with Crippen LogP contribution in [0.3, 0.4) is 0 Å². The summed E-state index contributed by atoms with van der Waals surface area (Å²) in [5.74, 6) is 0. The average molecular weight is 293 g/mol. The van der Waals surface area contributed by atoms with Gasteiger partial charge in [0.25, 0.3) is 0 Å². The van der Waals surface area contributed by atoms with Gasteiger partial charge in [0.15, 0.2) is 17.4 Å². The summed E-state index contributed by atoms with van der Waals surface area (Å²) in [6.45, 7) is 0. The van der Waals surface area contributed by atoms with E-state index in [2.05, 4.69) is 0 Å². The summed E-state index contributed by atoms with van der Waals surface area (Å²) >= 11 is 0. The van der Waals surface area contributed by atoms with Gasteiger partial charge in [0, 0.05) is 68.0 Å². The molecular weight excluding hydrogens is 286 g/mol. The molecule has 0 heterocycles. The van der Waals surface area contributed by atoms with Crippen molar-refractivity contribution in [2.75, 3.05) is 0 Å². The van der Waals surface area contributed by atoms with E-state index < -0.39 is 0 Å². The Hall–Kier alpha value is 3.01. The Morgan fingerprint density at radius 1 is 1.00 bits per heavy atom. The minimum Gasteiger partial charge on any atom is -0.0149 e. The van der Waals surface area contributed by atoms with Crippen LogP contribution in [-0.2, 0) is 26.2 Å². The standard InChI is InChI=1S/Al.Ce.H4Si.Zr.3H/h;;1H4;;;;. The van der Waals surface area contributed by atoms with Gasteiger partial charge in [-0.05, 0) is 11.0 Å². The van der Waals surface area contributed by atoms with E-state index in [1.54, 1.807) is 0 Å². The zero-order chi connectivity index (χ0) is 0. The second-order valence-corrected chi connectivity index (χ2v) is 0. The van der Waals surface area contributed by atoms with Gasteiger partial charge in [-0.3, -0.25) is 0 Å². The molecule has 0 aromatic heterocycles. The summed E-state index contributed by atoms with van der Waals surface area (Å²) in [4.78, 5) is 0. The molecule has 0 N–H and O–H groups in total. The van der Waals surface area contributed by atoms with Crippen LogP contribution in [0.15, 0.2) is 0 Å². The summed E-state index contributed by atoms with van der Waals surface area (Å²) in [5.41, 5.74) is 0. The van der Waals surface area contributed by atoms with Crippen LogP contribution < -0.4 is 0 Å². The maximum atomic E-state index is 0. The Bertz CT molecular complexity index is 8.00. The minimum atomic E-state index is 0. The first-order valence-electron chi connectivity index (χ1n) is 0. The smallest absolute Gasteiger partial charge is 0.0149 e. The molecule has 0 atom stereocenters. The molecule has 0 radical (unpaired) electrons. The molecule has 0 unspecified atom stereocenters. The monoisotopic (exact) mass is 292 g/mol. The molecule has 0 aromatic carbocycles. The molecule has 0 aliphatic heterocycles. The van der Waals surface area contributed by atoms with Gasteiger partial charge in [-0.25, -0.2) is 0 Å². The van der Waals surface area contributed by atoms with Crippen molar-refractivity contribution >= 4 is 28.3 Å². The molecular formula is H7AlCeSiZr. The van der Waals surface area contributed by atoms with Crippen molar-refractivity contribution < 1.29 is 68.0 Å². The molecule has 0 fully saturated rings. The molecule has 4 heavy (non-hydrogen) atoms. The van der Waals surface area contributed by atoms with E-state index in [-0.39, 0.29) is 96.3 Å². The molecule has 0 saturated heterocycles. The van der Waals surface area contributed by atoms with Crippen LogP contribution in [0.1, 0.15) is 0 Å². The fourth-order valence-corrected chi connectivity index (χ4v) is 0. The van der Waals surface area contributed by atoms with Crippen LogP contribution in [0.2, 0.25) is 0 Å². The van der Waals surface area contributed by atoms with Crippen molar-refractivity contribution in [3.63, 3.8) is 0 Å². The van der Waals surface area contributed by atoms with E-state index >= 15 is 0 Å². The van der Waals surface area contributed by atoms with E-state index in [1.807, 2.05) is 0 Å². The zero-order valence-electron chi connectivity index (χ0n) is 1.00. The molecule has 22 valence electrons. The van der Waals surface area contributed by atoms with Crippen molar-refractivity contribution in [2.45, 2.75) is 0 Å². The summed E-state index contributed by atoms with van der Waals surface area (Å²) < 4.78 is 0. The van der Waals surface area contributed by atoms with Crippen LogP contribution in [0.5, 0.6) is 0 Å². The Morgan fingerprint density at radius 2 is 1.00 bits per heavy atom. The molecule has 0 rings (SSSR count). The topological polar surface area (TPSA) is 0 Å². The predicted molar refractivity (Wildman–Crippen MR) is 21.3 cm³/mol. The normalized spacial score (nSPS) is 0. The molecule has 0 aliphatic rings. The summed E-state index contributed by atoms with van der Waals surface area (Å²) in [7, 11) is 0. The molecule has 0 bridgehead atoms. The average Bonchev–Trinajstić information content (AvgIpc) is 0. The Labute approximate surface area is 94.1 Å². The van der Waals surface area contributed by atoms with Gasteiger partial charge in [0.1, 0.15) is 0 Å². The van der Waals surface area contributed by atoms with E-state index in [1.165, 1.54) is 0 Å². The summed E-state index contributed by atoms with van der Waals surface area (Å²) in [6.07, 6.45) is 0. The third kappa shape index (κ3) is 8.89. The SMILES string of the molecule is [AlH3].[Ce].[SiH4].[Zr]. The largest absolute Gasteiger partial charge is 0.187 e. The Balaban J connectivity index is 0. The molecule has 0 spiro atoms. The third-order valence-electron chi connectivity index (χ3n) is 0. The van der Waals surface area contributed by atoms with E-state index in [0.29, 0.717) is 0 Å². The van der Waals surface area contributed by atoms with Gasteiger partial charge in [-0.1, -0.05) is 0 Å². The van der Waals surface area contributed by atoms with Crippen LogP contribution >= 0.6 is 0 Å². The molecule has 4 heteroatoms. The maximum Gasteiger partial charge on any atom is 0.187 e. The molecule has 0 nitrogen and oxygen atoms in total.